The third-order valence-corrected chi connectivity index (χ3v) is 2.18. The second-order valence-electron chi connectivity index (χ2n) is 3.38. The van der Waals surface area contributed by atoms with E-state index < -0.39 is 24.8 Å². The van der Waals surface area contributed by atoms with Crippen LogP contribution < -0.4 is 11.1 Å². The van der Waals surface area contributed by atoms with Gasteiger partial charge < -0.3 is 10.5 Å². The molecule has 0 spiro atoms. The van der Waals surface area contributed by atoms with Crippen LogP contribution in [0.3, 0.4) is 0 Å². The molecule has 0 radical (unpaired) electrons. The number of carbonyl (C=O) groups excluding carboxylic acids is 2. The van der Waals surface area contributed by atoms with E-state index in [1.54, 1.807) is 0 Å². The number of primary amides is 1. The number of rotatable bonds is 3. The van der Waals surface area contributed by atoms with Crippen molar-refractivity contribution in [1.82, 2.24) is 0 Å². The monoisotopic (exact) mass is 296 g/mol. The SMILES string of the molecule is NC(=O)c1ccc(Cl)c(NC(=O)OCC(F)(F)F)c1. The molecule has 19 heavy (non-hydrogen) atoms. The van der Waals surface area contributed by atoms with Crippen LogP contribution in [0.1, 0.15) is 10.4 Å². The van der Waals surface area contributed by atoms with Crippen LogP contribution >= 0.6 is 11.6 Å². The quantitative estimate of drug-likeness (QED) is 0.899. The summed E-state index contributed by atoms with van der Waals surface area (Å²) in [6.07, 6.45) is -5.98. The van der Waals surface area contributed by atoms with Gasteiger partial charge in [0.1, 0.15) is 0 Å². The van der Waals surface area contributed by atoms with Crippen LogP contribution in [0, 0.1) is 0 Å². The Morgan fingerprint density at radius 2 is 2.00 bits per heavy atom. The Morgan fingerprint density at radius 1 is 1.37 bits per heavy atom. The van der Waals surface area contributed by atoms with E-state index in [2.05, 4.69) is 4.74 Å². The second-order valence-corrected chi connectivity index (χ2v) is 3.78. The maximum absolute atomic E-state index is 11.8. The van der Waals surface area contributed by atoms with E-state index in [0.29, 0.717) is 0 Å². The van der Waals surface area contributed by atoms with Gasteiger partial charge in [-0.25, -0.2) is 4.79 Å². The number of benzene rings is 1. The summed E-state index contributed by atoms with van der Waals surface area (Å²) in [6, 6.07) is 3.69. The van der Waals surface area contributed by atoms with E-state index in [9.17, 15) is 22.8 Å². The molecule has 9 heteroatoms. The van der Waals surface area contributed by atoms with Gasteiger partial charge in [0.25, 0.3) is 0 Å². The van der Waals surface area contributed by atoms with Gasteiger partial charge in [-0.2, -0.15) is 13.2 Å². The highest BCUT2D eigenvalue weighted by atomic mass is 35.5. The Labute approximate surface area is 110 Å². The number of alkyl halides is 3. The number of ether oxygens (including phenoxy) is 1. The predicted octanol–water partition coefficient (Wildman–Crippen LogP) is 2.55. The maximum atomic E-state index is 11.8. The first-order chi connectivity index (χ1) is 8.69. The Morgan fingerprint density at radius 3 is 2.53 bits per heavy atom. The molecule has 0 atom stereocenters. The van der Waals surface area contributed by atoms with Gasteiger partial charge in [-0.1, -0.05) is 11.6 Å². The summed E-state index contributed by atoms with van der Waals surface area (Å²) in [5, 5.41) is 2.00. The van der Waals surface area contributed by atoms with E-state index in [0.717, 1.165) is 6.07 Å². The van der Waals surface area contributed by atoms with Gasteiger partial charge in [-0.3, -0.25) is 10.1 Å². The molecule has 0 aliphatic heterocycles. The van der Waals surface area contributed by atoms with Crippen LogP contribution in [0.4, 0.5) is 23.7 Å². The summed E-state index contributed by atoms with van der Waals surface area (Å²) < 4.78 is 39.4. The number of amides is 2. The fraction of sp³-hybridized carbons (Fsp3) is 0.200. The number of nitrogens with two attached hydrogens (primary N) is 1. The average Bonchev–Trinajstić information content (AvgIpc) is 2.28. The Kier molecular flexibility index (Phi) is 4.60. The minimum atomic E-state index is -4.63. The summed E-state index contributed by atoms with van der Waals surface area (Å²) in [4.78, 5) is 22.0. The Bertz CT molecular complexity index is 505. The maximum Gasteiger partial charge on any atom is 0.422 e. The number of halogens is 4. The first-order valence-corrected chi connectivity index (χ1v) is 5.17. The standard InChI is InChI=1S/C10H8ClF3N2O3/c11-6-2-1-5(8(15)17)3-7(6)16-9(18)19-4-10(12,13)14/h1-3H,4H2,(H2,15,17)(H,16,18). The lowest BCUT2D eigenvalue weighted by Crippen LogP contribution is -2.23. The van der Waals surface area contributed by atoms with E-state index in [1.807, 2.05) is 5.32 Å². The van der Waals surface area contributed by atoms with Crippen molar-refractivity contribution in [2.45, 2.75) is 6.18 Å². The van der Waals surface area contributed by atoms with Crippen molar-refractivity contribution < 1.29 is 27.5 Å². The number of anilines is 1. The minimum absolute atomic E-state index is 0.0222. The molecule has 0 aliphatic rings. The smallest absolute Gasteiger partial charge is 0.422 e. The largest absolute Gasteiger partial charge is 0.440 e. The van der Waals surface area contributed by atoms with Gasteiger partial charge in [0.05, 0.1) is 10.7 Å². The summed E-state index contributed by atoms with van der Waals surface area (Å²) in [7, 11) is 0. The zero-order chi connectivity index (χ0) is 14.6. The third-order valence-electron chi connectivity index (χ3n) is 1.85. The number of hydrogen-bond donors (Lipinski definition) is 2. The second kappa shape index (κ2) is 5.79. The summed E-state index contributed by atoms with van der Waals surface area (Å²) in [6.45, 7) is -1.73. The van der Waals surface area contributed by atoms with Gasteiger partial charge in [0, 0.05) is 5.56 Å². The van der Waals surface area contributed by atoms with E-state index in [1.165, 1.54) is 12.1 Å². The highest BCUT2D eigenvalue weighted by Crippen LogP contribution is 2.23. The number of carbonyl (C=O) groups is 2. The zero-order valence-corrected chi connectivity index (χ0v) is 10.0. The van der Waals surface area contributed by atoms with Gasteiger partial charge in [0.15, 0.2) is 6.61 Å². The summed E-state index contributed by atoms with van der Waals surface area (Å²) in [5.41, 5.74) is 4.96. The van der Waals surface area contributed by atoms with Crippen molar-refractivity contribution in [2.24, 2.45) is 5.73 Å². The molecule has 0 saturated carbocycles. The molecule has 1 aromatic rings. The summed E-state index contributed by atoms with van der Waals surface area (Å²) >= 11 is 5.69. The predicted molar refractivity (Wildman–Crippen MR) is 61.0 cm³/mol. The van der Waals surface area contributed by atoms with E-state index >= 15 is 0 Å². The highest BCUT2D eigenvalue weighted by molar-refractivity contribution is 6.33. The van der Waals surface area contributed by atoms with Gasteiger partial charge in [-0.05, 0) is 18.2 Å². The molecule has 0 aliphatic carbocycles. The van der Waals surface area contributed by atoms with Crippen molar-refractivity contribution in [3.63, 3.8) is 0 Å². The molecule has 104 valence electrons. The summed E-state index contributed by atoms with van der Waals surface area (Å²) in [5.74, 6) is -0.775. The van der Waals surface area contributed by atoms with Crippen LogP contribution in [0.2, 0.25) is 5.02 Å². The molecule has 1 aromatic carbocycles. The first-order valence-electron chi connectivity index (χ1n) is 4.79. The molecule has 0 saturated heterocycles. The van der Waals surface area contributed by atoms with Gasteiger partial charge >= 0.3 is 12.3 Å². The van der Waals surface area contributed by atoms with E-state index in [4.69, 9.17) is 17.3 Å². The van der Waals surface area contributed by atoms with Crippen LogP contribution in [0.25, 0.3) is 0 Å². The van der Waals surface area contributed by atoms with Crippen molar-refractivity contribution in [3.05, 3.63) is 28.8 Å². The lowest BCUT2D eigenvalue weighted by molar-refractivity contribution is -0.159. The molecule has 2 amide bonds. The average molecular weight is 297 g/mol. The highest BCUT2D eigenvalue weighted by Gasteiger charge is 2.29. The molecular weight excluding hydrogens is 289 g/mol. The van der Waals surface area contributed by atoms with Crippen LogP contribution in [-0.2, 0) is 4.74 Å². The molecule has 0 heterocycles. The molecule has 0 bridgehead atoms. The third kappa shape index (κ3) is 5.04. The molecule has 1 rings (SSSR count). The Hall–Kier alpha value is -1.96. The van der Waals surface area contributed by atoms with Gasteiger partial charge in [0.2, 0.25) is 5.91 Å². The molecule has 0 unspecified atom stereocenters. The molecular formula is C10H8ClF3N2O3. The van der Waals surface area contributed by atoms with Crippen molar-refractivity contribution in [2.75, 3.05) is 11.9 Å². The zero-order valence-electron chi connectivity index (χ0n) is 9.25. The molecule has 3 N–H and O–H groups in total. The lowest BCUT2D eigenvalue weighted by atomic mass is 10.2. The number of nitrogens with one attached hydrogen (secondary N) is 1. The fourth-order valence-electron chi connectivity index (χ4n) is 1.07. The van der Waals surface area contributed by atoms with Gasteiger partial charge in [-0.15, -0.1) is 0 Å². The molecule has 5 nitrogen and oxygen atoms in total. The normalized spacial score (nSPS) is 10.9. The van der Waals surface area contributed by atoms with Crippen molar-refractivity contribution in [3.8, 4) is 0 Å². The minimum Gasteiger partial charge on any atom is -0.440 e. The van der Waals surface area contributed by atoms with Crippen LogP contribution in [0.5, 0.6) is 0 Å². The fourth-order valence-corrected chi connectivity index (χ4v) is 1.23. The topological polar surface area (TPSA) is 81.4 Å². The molecule has 0 aromatic heterocycles. The van der Waals surface area contributed by atoms with Crippen molar-refractivity contribution >= 4 is 29.3 Å². The van der Waals surface area contributed by atoms with Crippen LogP contribution in [0.15, 0.2) is 18.2 Å². The van der Waals surface area contributed by atoms with E-state index in [-0.39, 0.29) is 16.3 Å². The van der Waals surface area contributed by atoms with Crippen LogP contribution in [-0.4, -0.2) is 24.8 Å². The Balaban J connectivity index is 2.73. The lowest BCUT2D eigenvalue weighted by Gasteiger charge is -2.10. The number of hydrogen-bond acceptors (Lipinski definition) is 3. The first kappa shape index (κ1) is 15.1. The van der Waals surface area contributed by atoms with Crippen molar-refractivity contribution in [1.29, 1.82) is 0 Å². The molecule has 0 fully saturated rings.